The van der Waals surface area contributed by atoms with Crippen LogP contribution in [-0.4, -0.2) is 29.8 Å². The van der Waals surface area contributed by atoms with Crippen molar-refractivity contribution in [3.8, 4) is 5.75 Å². The van der Waals surface area contributed by atoms with Crippen molar-refractivity contribution in [3.63, 3.8) is 0 Å². The minimum absolute atomic E-state index is 0.290. The lowest BCUT2D eigenvalue weighted by molar-refractivity contribution is 0.109. The fourth-order valence-electron chi connectivity index (χ4n) is 1.32. The topological polar surface area (TPSA) is 70.3 Å². The maximum absolute atomic E-state index is 5.65. The summed E-state index contributed by atoms with van der Waals surface area (Å²) >= 11 is 0. The highest BCUT2D eigenvalue weighted by Gasteiger charge is 2.09. The van der Waals surface area contributed by atoms with Crippen molar-refractivity contribution in [2.45, 2.75) is 33.2 Å². The molecule has 0 amide bonds. The van der Waals surface area contributed by atoms with E-state index >= 15 is 0 Å². The van der Waals surface area contributed by atoms with E-state index in [9.17, 15) is 0 Å². The molecule has 0 radical (unpaired) electrons. The average Bonchev–Trinajstić information content (AvgIpc) is 2.34. The van der Waals surface area contributed by atoms with Crippen LogP contribution in [-0.2, 0) is 11.3 Å². The molecule has 0 atom stereocenters. The summed E-state index contributed by atoms with van der Waals surface area (Å²) in [7, 11) is 0. The maximum atomic E-state index is 5.65. The van der Waals surface area contributed by atoms with Crippen molar-refractivity contribution < 1.29 is 9.47 Å². The molecule has 0 aromatic carbocycles. The number of nitrogens with two attached hydrogens (primary N) is 1. The zero-order chi connectivity index (χ0) is 12.7. The van der Waals surface area contributed by atoms with E-state index in [1.54, 1.807) is 6.20 Å². The van der Waals surface area contributed by atoms with Crippen molar-refractivity contribution in [3.05, 3.63) is 17.7 Å². The quantitative estimate of drug-likeness (QED) is 0.730. The molecule has 0 aliphatic heterocycles. The second-order valence-electron chi connectivity index (χ2n) is 3.94. The summed E-state index contributed by atoms with van der Waals surface area (Å²) in [6.07, 6.45) is 1.69. The Bertz CT molecular complexity index is 343. The number of ether oxygens (including phenoxy) is 2. The molecule has 0 saturated heterocycles. The molecule has 2 N–H and O–H groups in total. The van der Waals surface area contributed by atoms with Gasteiger partial charge in [-0.05, 0) is 6.92 Å². The van der Waals surface area contributed by atoms with E-state index in [4.69, 9.17) is 15.2 Å². The highest BCUT2D eigenvalue weighted by Crippen LogP contribution is 2.17. The first-order valence-electron chi connectivity index (χ1n) is 5.95. The standard InChI is InChI=1S/C12H21N3O2/c1-4-16-5-6-17-11-8-14-12(9(2)3)15-10(11)7-13/h8-9H,4-7,13H2,1-3H3. The molecule has 1 heterocycles. The highest BCUT2D eigenvalue weighted by molar-refractivity contribution is 5.25. The molecule has 0 unspecified atom stereocenters. The molecule has 96 valence electrons. The normalized spacial score (nSPS) is 10.9. The molecule has 5 heteroatoms. The molecular weight excluding hydrogens is 218 g/mol. The van der Waals surface area contributed by atoms with E-state index in [0.29, 0.717) is 32.1 Å². The van der Waals surface area contributed by atoms with Gasteiger partial charge in [0, 0.05) is 19.1 Å². The molecule has 0 aliphatic carbocycles. The van der Waals surface area contributed by atoms with E-state index < -0.39 is 0 Å². The van der Waals surface area contributed by atoms with E-state index in [2.05, 4.69) is 9.97 Å². The molecule has 1 rings (SSSR count). The molecule has 0 saturated carbocycles. The van der Waals surface area contributed by atoms with Crippen LogP contribution in [0.15, 0.2) is 6.20 Å². The number of rotatable bonds is 7. The van der Waals surface area contributed by atoms with Crippen LogP contribution in [0.5, 0.6) is 5.75 Å². The number of hydrogen-bond acceptors (Lipinski definition) is 5. The summed E-state index contributed by atoms with van der Waals surface area (Å²) in [6, 6.07) is 0. The van der Waals surface area contributed by atoms with Crippen LogP contribution in [0, 0.1) is 0 Å². The van der Waals surface area contributed by atoms with E-state index in [-0.39, 0.29) is 5.92 Å². The Kier molecular flexibility index (Phi) is 5.86. The number of hydrogen-bond donors (Lipinski definition) is 1. The zero-order valence-electron chi connectivity index (χ0n) is 10.8. The fourth-order valence-corrected chi connectivity index (χ4v) is 1.32. The summed E-state index contributed by atoms with van der Waals surface area (Å²) in [5, 5.41) is 0. The summed E-state index contributed by atoms with van der Waals surface area (Å²) in [5.41, 5.74) is 6.40. The van der Waals surface area contributed by atoms with Crippen LogP contribution < -0.4 is 10.5 Å². The van der Waals surface area contributed by atoms with Gasteiger partial charge in [0.1, 0.15) is 12.4 Å². The van der Waals surface area contributed by atoms with Gasteiger partial charge in [0.2, 0.25) is 0 Å². The Labute approximate surface area is 102 Å². The average molecular weight is 239 g/mol. The van der Waals surface area contributed by atoms with Gasteiger partial charge < -0.3 is 15.2 Å². The number of nitrogens with zero attached hydrogens (tertiary/aromatic N) is 2. The van der Waals surface area contributed by atoms with Crippen molar-refractivity contribution >= 4 is 0 Å². The van der Waals surface area contributed by atoms with Gasteiger partial charge in [-0.15, -0.1) is 0 Å². The van der Waals surface area contributed by atoms with Gasteiger partial charge in [-0.3, -0.25) is 0 Å². The molecule has 1 aromatic rings. The van der Waals surface area contributed by atoms with Gasteiger partial charge in [-0.2, -0.15) is 0 Å². The first kappa shape index (κ1) is 13.9. The Morgan fingerprint density at radius 1 is 1.35 bits per heavy atom. The van der Waals surface area contributed by atoms with Crippen LogP contribution in [0.1, 0.15) is 38.2 Å². The largest absolute Gasteiger partial charge is 0.488 e. The van der Waals surface area contributed by atoms with E-state index in [0.717, 1.165) is 11.5 Å². The molecular formula is C12H21N3O2. The maximum Gasteiger partial charge on any atom is 0.160 e. The molecule has 17 heavy (non-hydrogen) atoms. The van der Waals surface area contributed by atoms with Gasteiger partial charge in [-0.1, -0.05) is 13.8 Å². The lowest BCUT2D eigenvalue weighted by Gasteiger charge is -2.11. The monoisotopic (exact) mass is 239 g/mol. The van der Waals surface area contributed by atoms with Gasteiger partial charge in [0.15, 0.2) is 5.75 Å². The Balaban J connectivity index is 2.65. The van der Waals surface area contributed by atoms with Crippen LogP contribution in [0.3, 0.4) is 0 Å². The molecule has 5 nitrogen and oxygen atoms in total. The summed E-state index contributed by atoms with van der Waals surface area (Å²) in [4.78, 5) is 8.64. The van der Waals surface area contributed by atoms with Gasteiger partial charge in [-0.25, -0.2) is 9.97 Å². The third-order valence-electron chi connectivity index (χ3n) is 2.25. The first-order valence-corrected chi connectivity index (χ1v) is 5.95. The molecule has 0 fully saturated rings. The van der Waals surface area contributed by atoms with Gasteiger partial charge in [0.05, 0.1) is 18.5 Å². The predicted octanol–water partition coefficient (Wildman–Crippen LogP) is 1.47. The van der Waals surface area contributed by atoms with Crippen LogP contribution in [0.2, 0.25) is 0 Å². The molecule has 0 spiro atoms. The summed E-state index contributed by atoms with van der Waals surface area (Å²) in [6.45, 7) is 8.14. The van der Waals surface area contributed by atoms with Crippen LogP contribution in [0.4, 0.5) is 0 Å². The molecule has 0 aliphatic rings. The van der Waals surface area contributed by atoms with Gasteiger partial charge in [0.25, 0.3) is 0 Å². The molecule has 0 bridgehead atoms. The predicted molar refractivity (Wildman–Crippen MR) is 66.0 cm³/mol. The third kappa shape index (κ3) is 4.28. The highest BCUT2D eigenvalue weighted by atomic mass is 16.5. The zero-order valence-corrected chi connectivity index (χ0v) is 10.8. The van der Waals surface area contributed by atoms with Gasteiger partial charge >= 0.3 is 0 Å². The fraction of sp³-hybridized carbons (Fsp3) is 0.667. The minimum atomic E-state index is 0.290. The van der Waals surface area contributed by atoms with Crippen LogP contribution >= 0.6 is 0 Å². The Morgan fingerprint density at radius 3 is 2.71 bits per heavy atom. The first-order chi connectivity index (χ1) is 8.19. The van der Waals surface area contributed by atoms with E-state index in [1.165, 1.54) is 0 Å². The number of aromatic nitrogens is 2. The Morgan fingerprint density at radius 2 is 2.12 bits per heavy atom. The van der Waals surface area contributed by atoms with Crippen molar-refractivity contribution in [2.75, 3.05) is 19.8 Å². The van der Waals surface area contributed by atoms with Crippen LogP contribution in [0.25, 0.3) is 0 Å². The lowest BCUT2D eigenvalue weighted by atomic mass is 10.2. The third-order valence-corrected chi connectivity index (χ3v) is 2.25. The summed E-state index contributed by atoms with van der Waals surface area (Å²) < 4.78 is 10.7. The smallest absolute Gasteiger partial charge is 0.160 e. The molecule has 1 aromatic heterocycles. The second kappa shape index (κ2) is 7.19. The second-order valence-corrected chi connectivity index (χ2v) is 3.94. The van der Waals surface area contributed by atoms with Crippen molar-refractivity contribution in [1.29, 1.82) is 0 Å². The SMILES string of the molecule is CCOCCOc1cnc(C(C)C)nc1CN. The summed E-state index contributed by atoms with van der Waals surface area (Å²) in [5.74, 6) is 1.73. The van der Waals surface area contributed by atoms with Crippen molar-refractivity contribution in [2.24, 2.45) is 5.73 Å². The minimum Gasteiger partial charge on any atom is -0.488 e. The lowest BCUT2D eigenvalue weighted by Crippen LogP contribution is -2.12. The van der Waals surface area contributed by atoms with E-state index in [1.807, 2.05) is 20.8 Å². The van der Waals surface area contributed by atoms with Crippen molar-refractivity contribution in [1.82, 2.24) is 9.97 Å². The Hall–Kier alpha value is -1.20.